The molecule has 0 bridgehead atoms. The van der Waals surface area contributed by atoms with E-state index in [1.807, 2.05) is 6.07 Å². The standard InChI is InChI=1S/C14H17NO4/c1-5-11(16)10(8-15)9-6-12(17-2)14(19-4)13(7-9)18-3/h6-7,10H,5H2,1-4H3. The molecular formula is C14H17NO4. The van der Waals surface area contributed by atoms with E-state index in [4.69, 9.17) is 19.5 Å². The minimum atomic E-state index is -0.821. The van der Waals surface area contributed by atoms with Crippen LogP contribution in [0.3, 0.4) is 0 Å². The normalized spacial score (nSPS) is 11.3. The van der Waals surface area contributed by atoms with Gasteiger partial charge in [0.2, 0.25) is 5.75 Å². The Kier molecular flexibility index (Phi) is 5.19. The summed E-state index contributed by atoms with van der Waals surface area (Å²) >= 11 is 0. The van der Waals surface area contributed by atoms with Gasteiger partial charge >= 0.3 is 0 Å². The van der Waals surface area contributed by atoms with Crippen molar-refractivity contribution >= 4 is 5.78 Å². The number of rotatable bonds is 6. The number of Topliss-reactive ketones (excluding diaryl/α,β-unsaturated/α-hetero) is 1. The molecule has 0 aromatic heterocycles. The third kappa shape index (κ3) is 2.97. The maximum absolute atomic E-state index is 11.8. The lowest BCUT2D eigenvalue weighted by molar-refractivity contribution is -0.119. The quantitative estimate of drug-likeness (QED) is 0.787. The average molecular weight is 263 g/mol. The molecule has 0 aliphatic rings. The summed E-state index contributed by atoms with van der Waals surface area (Å²) in [6.45, 7) is 1.73. The Morgan fingerprint density at radius 3 is 2.05 bits per heavy atom. The number of ketones is 1. The summed E-state index contributed by atoms with van der Waals surface area (Å²) in [5.74, 6) is 0.340. The molecule has 0 saturated heterocycles. The summed E-state index contributed by atoms with van der Waals surface area (Å²) in [4.78, 5) is 11.8. The van der Waals surface area contributed by atoms with Crippen molar-refractivity contribution in [2.24, 2.45) is 0 Å². The Bertz CT molecular complexity index is 480. The summed E-state index contributed by atoms with van der Waals surface area (Å²) in [7, 11) is 4.48. The maximum atomic E-state index is 11.8. The number of carbonyl (C=O) groups excluding carboxylic acids is 1. The molecule has 0 heterocycles. The first-order valence-corrected chi connectivity index (χ1v) is 5.85. The fourth-order valence-electron chi connectivity index (χ4n) is 1.80. The lowest BCUT2D eigenvalue weighted by atomic mass is 9.94. The number of hydrogen-bond acceptors (Lipinski definition) is 5. The van der Waals surface area contributed by atoms with Gasteiger partial charge in [-0.05, 0) is 17.7 Å². The van der Waals surface area contributed by atoms with E-state index in [1.165, 1.54) is 21.3 Å². The van der Waals surface area contributed by atoms with E-state index in [0.29, 0.717) is 29.2 Å². The number of hydrogen-bond donors (Lipinski definition) is 0. The molecule has 5 nitrogen and oxygen atoms in total. The first-order chi connectivity index (χ1) is 9.12. The zero-order valence-corrected chi connectivity index (χ0v) is 11.5. The highest BCUT2D eigenvalue weighted by Gasteiger charge is 2.22. The van der Waals surface area contributed by atoms with Gasteiger partial charge in [-0.15, -0.1) is 0 Å². The molecule has 0 N–H and O–H groups in total. The second-order valence-corrected chi connectivity index (χ2v) is 3.84. The fourth-order valence-corrected chi connectivity index (χ4v) is 1.80. The zero-order valence-electron chi connectivity index (χ0n) is 11.5. The highest BCUT2D eigenvalue weighted by molar-refractivity contribution is 5.88. The lowest BCUT2D eigenvalue weighted by Gasteiger charge is -2.15. The van der Waals surface area contributed by atoms with Crippen LogP contribution in [0.2, 0.25) is 0 Å². The van der Waals surface area contributed by atoms with Crippen LogP contribution < -0.4 is 14.2 Å². The first-order valence-electron chi connectivity index (χ1n) is 5.85. The van der Waals surface area contributed by atoms with Crippen LogP contribution in [0.4, 0.5) is 0 Å². The van der Waals surface area contributed by atoms with Crippen LogP contribution in [-0.2, 0) is 4.79 Å². The van der Waals surface area contributed by atoms with E-state index in [-0.39, 0.29) is 5.78 Å². The third-order valence-corrected chi connectivity index (χ3v) is 2.82. The van der Waals surface area contributed by atoms with Gasteiger partial charge in [0.25, 0.3) is 0 Å². The van der Waals surface area contributed by atoms with Crippen molar-refractivity contribution in [3.63, 3.8) is 0 Å². The number of benzene rings is 1. The minimum absolute atomic E-state index is 0.142. The van der Waals surface area contributed by atoms with Gasteiger partial charge in [-0.25, -0.2) is 0 Å². The molecule has 102 valence electrons. The van der Waals surface area contributed by atoms with E-state index in [1.54, 1.807) is 19.1 Å². The lowest BCUT2D eigenvalue weighted by Crippen LogP contribution is -2.10. The maximum Gasteiger partial charge on any atom is 0.203 e. The zero-order chi connectivity index (χ0) is 14.4. The molecule has 1 rings (SSSR count). The second-order valence-electron chi connectivity index (χ2n) is 3.84. The Morgan fingerprint density at radius 2 is 1.74 bits per heavy atom. The fraction of sp³-hybridized carbons (Fsp3) is 0.429. The van der Waals surface area contributed by atoms with E-state index >= 15 is 0 Å². The number of ether oxygens (including phenoxy) is 3. The Labute approximate surface area is 112 Å². The number of nitriles is 1. The van der Waals surface area contributed by atoms with Crippen molar-refractivity contribution in [2.45, 2.75) is 19.3 Å². The minimum Gasteiger partial charge on any atom is -0.493 e. The van der Waals surface area contributed by atoms with E-state index in [0.717, 1.165) is 0 Å². The van der Waals surface area contributed by atoms with Gasteiger partial charge in [0, 0.05) is 6.42 Å². The van der Waals surface area contributed by atoms with Crippen LogP contribution in [0, 0.1) is 11.3 Å². The van der Waals surface area contributed by atoms with Crippen LogP contribution >= 0.6 is 0 Å². The molecule has 0 aliphatic carbocycles. The SMILES string of the molecule is CCC(=O)C(C#N)c1cc(OC)c(OC)c(OC)c1. The molecule has 1 aromatic rings. The average Bonchev–Trinajstić information content (AvgIpc) is 2.46. The highest BCUT2D eigenvalue weighted by atomic mass is 16.5. The smallest absolute Gasteiger partial charge is 0.203 e. The summed E-state index contributed by atoms with van der Waals surface area (Å²) < 4.78 is 15.6. The van der Waals surface area contributed by atoms with Crippen LogP contribution in [0.1, 0.15) is 24.8 Å². The number of nitrogens with zero attached hydrogens (tertiary/aromatic N) is 1. The van der Waals surface area contributed by atoms with Gasteiger partial charge in [0.15, 0.2) is 17.3 Å². The van der Waals surface area contributed by atoms with Crippen molar-refractivity contribution in [2.75, 3.05) is 21.3 Å². The molecule has 0 spiro atoms. The van der Waals surface area contributed by atoms with Crippen molar-refractivity contribution < 1.29 is 19.0 Å². The molecule has 0 saturated carbocycles. The topological polar surface area (TPSA) is 68.6 Å². The van der Waals surface area contributed by atoms with Crippen molar-refractivity contribution in [1.29, 1.82) is 5.26 Å². The van der Waals surface area contributed by atoms with Gasteiger partial charge in [-0.1, -0.05) is 6.92 Å². The van der Waals surface area contributed by atoms with Crippen LogP contribution in [0.25, 0.3) is 0 Å². The summed E-state index contributed by atoms with van der Waals surface area (Å²) in [5.41, 5.74) is 0.545. The number of methoxy groups -OCH3 is 3. The third-order valence-electron chi connectivity index (χ3n) is 2.82. The molecule has 1 unspecified atom stereocenters. The van der Waals surface area contributed by atoms with Crippen molar-refractivity contribution in [3.05, 3.63) is 17.7 Å². The Hall–Kier alpha value is -2.22. The first kappa shape index (κ1) is 14.8. The van der Waals surface area contributed by atoms with Gasteiger partial charge in [0.05, 0.1) is 27.4 Å². The molecule has 5 heteroatoms. The van der Waals surface area contributed by atoms with Crippen molar-refractivity contribution in [3.8, 4) is 23.3 Å². The van der Waals surface area contributed by atoms with Gasteiger partial charge < -0.3 is 14.2 Å². The summed E-state index contributed by atoms with van der Waals surface area (Å²) in [6.07, 6.45) is 0.300. The van der Waals surface area contributed by atoms with Crippen LogP contribution in [0.15, 0.2) is 12.1 Å². The monoisotopic (exact) mass is 263 g/mol. The van der Waals surface area contributed by atoms with Gasteiger partial charge in [-0.3, -0.25) is 4.79 Å². The largest absolute Gasteiger partial charge is 0.493 e. The molecule has 1 aromatic carbocycles. The second kappa shape index (κ2) is 6.64. The summed E-state index contributed by atoms with van der Waals surface area (Å²) in [6, 6.07) is 5.26. The van der Waals surface area contributed by atoms with Gasteiger partial charge in [-0.2, -0.15) is 5.26 Å². The predicted molar refractivity (Wildman–Crippen MR) is 69.8 cm³/mol. The summed E-state index contributed by atoms with van der Waals surface area (Å²) in [5, 5.41) is 9.15. The Morgan fingerprint density at radius 1 is 1.21 bits per heavy atom. The molecule has 0 radical (unpaired) electrons. The Balaban J connectivity index is 3.37. The molecule has 19 heavy (non-hydrogen) atoms. The van der Waals surface area contributed by atoms with Crippen molar-refractivity contribution in [1.82, 2.24) is 0 Å². The molecule has 0 aliphatic heterocycles. The van der Waals surface area contributed by atoms with Crippen LogP contribution in [-0.4, -0.2) is 27.1 Å². The molecular weight excluding hydrogens is 246 g/mol. The van der Waals surface area contributed by atoms with E-state index in [2.05, 4.69) is 0 Å². The predicted octanol–water partition coefficient (Wildman–Crippen LogP) is 2.30. The van der Waals surface area contributed by atoms with Gasteiger partial charge in [0.1, 0.15) is 5.92 Å². The van der Waals surface area contributed by atoms with E-state index < -0.39 is 5.92 Å². The highest BCUT2D eigenvalue weighted by Crippen LogP contribution is 2.40. The molecule has 0 amide bonds. The van der Waals surface area contributed by atoms with E-state index in [9.17, 15) is 4.79 Å². The van der Waals surface area contributed by atoms with Crippen LogP contribution in [0.5, 0.6) is 17.2 Å². The molecule has 1 atom stereocenters. The number of carbonyl (C=O) groups is 1. The molecule has 0 fully saturated rings.